The van der Waals surface area contributed by atoms with E-state index in [0.717, 1.165) is 60.0 Å². The quantitative estimate of drug-likeness (QED) is 0.119. The van der Waals surface area contributed by atoms with Gasteiger partial charge in [-0.2, -0.15) is 5.10 Å². The number of pyridine rings is 1. The second kappa shape index (κ2) is 17.4. The second-order valence-electron chi connectivity index (χ2n) is 16.0. The first-order chi connectivity index (χ1) is 28.0. The highest BCUT2D eigenvalue weighted by Crippen LogP contribution is 2.40. The number of nitrogens with zero attached hydrogens (tertiary/aromatic N) is 5. The zero-order valence-electron chi connectivity index (χ0n) is 34.1. The third kappa shape index (κ3) is 9.07. The number of piperidine rings is 1. The van der Waals surface area contributed by atoms with Gasteiger partial charge in [0.2, 0.25) is 0 Å². The fourth-order valence-corrected chi connectivity index (χ4v) is 7.53. The molecule has 0 saturated carbocycles. The number of amides is 2. The van der Waals surface area contributed by atoms with Crippen LogP contribution in [-0.2, 0) is 16.8 Å². The number of benzene rings is 4. The predicted molar refractivity (Wildman–Crippen MR) is 233 cm³/mol. The molecule has 10 heteroatoms. The van der Waals surface area contributed by atoms with Gasteiger partial charge >= 0.3 is 6.09 Å². The molecule has 2 aromatic heterocycles. The molecule has 58 heavy (non-hydrogen) atoms. The van der Waals surface area contributed by atoms with Crippen LogP contribution in [0, 0.1) is 12.8 Å². The minimum absolute atomic E-state index is 0.228. The lowest BCUT2D eigenvalue weighted by atomic mass is 9.77. The Morgan fingerprint density at radius 1 is 0.776 bits per heavy atom. The fourth-order valence-electron chi connectivity index (χ4n) is 7.53. The van der Waals surface area contributed by atoms with Crippen LogP contribution < -0.4 is 20.4 Å². The number of nitrogens with one attached hydrogen (secondary N) is 2. The second-order valence-corrected chi connectivity index (χ2v) is 16.0. The Labute approximate surface area is 341 Å². The minimum Gasteiger partial charge on any atom is -0.443 e. The van der Waals surface area contributed by atoms with Crippen molar-refractivity contribution in [2.24, 2.45) is 5.92 Å². The summed E-state index contributed by atoms with van der Waals surface area (Å²) in [5, 5.41) is 11.7. The van der Waals surface area contributed by atoms with E-state index in [1.54, 1.807) is 11.1 Å². The van der Waals surface area contributed by atoms with Gasteiger partial charge in [-0.15, -0.1) is 0 Å². The molecule has 4 aromatic carbocycles. The number of ether oxygens (including phenoxy) is 1. The van der Waals surface area contributed by atoms with Crippen molar-refractivity contribution in [2.75, 3.05) is 40.1 Å². The standard InChI is InChI=1S/C48H53N7O3/c1-35-28-31-53(32-29-35)44-42(26-21-36(2)50-44)45(56)51-40-22-24-41(25-23-40)54(46(57)58-47(3,4)5)33-34-55-43(27-30-49-55)52-48(37-15-9-6-10-16-37,38-17-11-7-12-18-38)39-19-13-8-14-20-39/h6-27,30,35,52H,28-29,31-34H2,1-5H3,(H,51,56). The Bertz CT molecular complexity index is 2180. The van der Waals surface area contributed by atoms with Gasteiger partial charge < -0.3 is 20.3 Å². The summed E-state index contributed by atoms with van der Waals surface area (Å²) in [7, 11) is 0. The van der Waals surface area contributed by atoms with Gasteiger partial charge in [-0.1, -0.05) is 97.9 Å². The molecule has 1 saturated heterocycles. The number of anilines is 4. The number of hydrogen-bond donors (Lipinski definition) is 2. The Kier molecular flexibility index (Phi) is 11.9. The molecule has 1 aliphatic rings. The third-order valence-electron chi connectivity index (χ3n) is 10.6. The number of aryl methyl sites for hydroxylation is 1. The van der Waals surface area contributed by atoms with Crippen LogP contribution in [0.1, 0.15) is 73.3 Å². The van der Waals surface area contributed by atoms with Crippen molar-refractivity contribution in [1.29, 1.82) is 0 Å². The summed E-state index contributed by atoms with van der Waals surface area (Å²) in [6.45, 7) is 12.1. The summed E-state index contributed by atoms with van der Waals surface area (Å²) in [5.74, 6) is 1.93. The van der Waals surface area contributed by atoms with Crippen molar-refractivity contribution in [3.05, 3.63) is 168 Å². The van der Waals surface area contributed by atoms with Crippen molar-refractivity contribution in [3.8, 4) is 0 Å². The normalized spacial score (nSPS) is 13.5. The molecule has 1 aliphatic heterocycles. The molecule has 0 radical (unpaired) electrons. The summed E-state index contributed by atoms with van der Waals surface area (Å²) in [6.07, 6.45) is 3.43. The van der Waals surface area contributed by atoms with Crippen LogP contribution in [0.4, 0.5) is 27.8 Å². The lowest BCUT2D eigenvalue weighted by Gasteiger charge is -2.38. The van der Waals surface area contributed by atoms with Crippen LogP contribution in [-0.4, -0.2) is 52.0 Å². The van der Waals surface area contributed by atoms with E-state index in [9.17, 15) is 9.59 Å². The Morgan fingerprint density at radius 3 is 1.90 bits per heavy atom. The summed E-state index contributed by atoms with van der Waals surface area (Å²) in [4.78, 5) is 36.2. The number of rotatable bonds is 12. The van der Waals surface area contributed by atoms with E-state index in [1.165, 1.54) is 0 Å². The summed E-state index contributed by atoms with van der Waals surface area (Å²) in [6, 6.07) is 44.1. The molecule has 6 aromatic rings. The molecule has 10 nitrogen and oxygen atoms in total. The van der Waals surface area contributed by atoms with Crippen molar-refractivity contribution >= 4 is 35.0 Å². The van der Waals surface area contributed by atoms with Crippen LogP contribution in [0.3, 0.4) is 0 Å². The molecule has 0 bridgehead atoms. The summed E-state index contributed by atoms with van der Waals surface area (Å²) >= 11 is 0. The Morgan fingerprint density at radius 2 is 1.34 bits per heavy atom. The first-order valence-corrected chi connectivity index (χ1v) is 20.1. The van der Waals surface area contributed by atoms with E-state index in [2.05, 4.69) is 95.3 Å². The number of carbonyl (C=O) groups excluding carboxylic acids is 2. The first kappa shape index (κ1) is 39.8. The van der Waals surface area contributed by atoms with E-state index in [0.29, 0.717) is 29.4 Å². The minimum atomic E-state index is -0.756. The average Bonchev–Trinajstić information content (AvgIpc) is 3.67. The first-order valence-electron chi connectivity index (χ1n) is 20.1. The molecule has 298 valence electrons. The van der Waals surface area contributed by atoms with Gasteiger partial charge in [-0.3, -0.25) is 9.69 Å². The Balaban J connectivity index is 1.14. The van der Waals surface area contributed by atoms with Gasteiger partial charge in [-0.25, -0.2) is 14.5 Å². The lowest BCUT2D eigenvalue weighted by molar-refractivity contribution is 0.0578. The topological polar surface area (TPSA) is 105 Å². The van der Waals surface area contributed by atoms with E-state index < -0.39 is 17.2 Å². The summed E-state index contributed by atoms with van der Waals surface area (Å²) < 4.78 is 7.79. The van der Waals surface area contributed by atoms with Gasteiger partial charge in [0.25, 0.3) is 5.91 Å². The molecular formula is C48H53N7O3. The van der Waals surface area contributed by atoms with E-state index in [-0.39, 0.29) is 12.5 Å². The maximum absolute atomic E-state index is 13.8. The van der Waals surface area contributed by atoms with Crippen LogP contribution in [0.5, 0.6) is 0 Å². The zero-order chi connectivity index (χ0) is 40.7. The van der Waals surface area contributed by atoms with Crippen molar-refractivity contribution in [3.63, 3.8) is 0 Å². The maximum atomic E-state index is 13.8. The molecule has 3 heterocycles. The number of hydrogen-bond acceptors (Lipinski definition) is 7. The lowest BCUT2D eigenvalue weighted by Crippen LogP contribution is -2.40. The van der Waals surface area contributed by atoms with Gasteiger partial charge in [0.1, 0.15) is 22.8 Å². The fraction of sp³-hybridized carbons (Fsp3) is 0.292. The largest absolute Gasteiger partial charge is 0.443 e. The van der Waals surface area contributed by atoms with Crippen LogP contribution >= 0.6 is 0 Å². The summed E-state index contributed by atoms with van der Waals surface area (Å²) in [5.41, 5.74) is 4.38. The number of carbonyl (C=O) groups is 2. The molecule has 7 rings (SSSR count). The third-order valence-corrected chi connectivity index (χ3v) is 10.6. The molecule has 0 spiro atoms. The van der Waals surface area contributed by atoms with Crippen molar-refractivity contribution in [2.45, 2.75) is 65.1 Å². The highest BCUT2D eigenvalue weighted by molar-refractivity contribution is 6.07. The zero-order valence-corrected chi connectivity index (χ0v) is 34.1. The van der Waals surface area contributed by atoms with Gasteiger partial charge in [0.15, 0.2) is 0 Å². The van der Waals surface area contributed by atoms with Crippen LogP contribution in [0.15, 0.2) is 140 Å². The van der Waals surface area contributed by atoms with Crippen molar-refractivity contribution < 1.29 is 14.3 Å². The smallest absolute Gasteiger partial charge is 0.414 e. The molecule has 2 N–H and O–H groups in total. The van der Waals surface area contributed by atoms with Crippen LogP contribution in [0.2, 0.25) is 0 Å². The van der Waals surface area contributed by atoms with Gasteiger partial charge in [0.05, 0.1) is 18.3 Å². The predicted octanol–water partition coefficient (Wildman–Crippen LogP) is 9.92. The van der Waals surface area contributed by atoms with E-state index >= 15 is 0 Å². The highest BCUT2D eigenvalue weighted by atomic mass is 16.6. The highest BCUT2D eigenvalue weighted by Gasteiger charge is 2.37. The molecule has 0 unspecified atom stereocenters. The monoisotopic (exact) mass is 775 g/mol. The SMILES string of the molecule is Cc1ccc(C(=O)Nc2ccc(N(CCn3nccc3NC(c3ccccc3)(c3ccccc3)c3ccccc3)C(=O)OC(C)(C)C)cc2)c(N2CCC(C)CC2)n1. The van der Waals surface area contributed by atoms with Crippen molar-refractivity contribution in [1.82, 2.24) is 14.8 Å². The van der Waals surface area contributed by atoms with E-state index in [4.69, 9.17) is 14.8 Å². The van der Waals surface area contributed by atoms with Gasteiger partial charge in [0, 0.05) is 42.8 Å². The van der Waals surface area contributed by atoms with Crippen LogP contribution in [0.25, 0.3) is 0 Å². The molecule has 1 fully saturated rings. The number of aromatic nitrogens is 3. The molecule has 0 atom stereocenters. The molecule has 0 aliphatic carbocycles. The Hall–Kier alpha value is -6.42. The molecule has 2 amide bonds. The van der Waals surface area contributed by atoms with E-state index in [1.807, 2.05) is 93.0 Å². The maximum Gasteiger partial charge on any atom is 0.414 e. The van der Waals surface area contributed by atoms with Gasteiger partial charge in [-0.05, 0) is 99.5 Å². The average molecular weight is 776 g/mol. The molecular weight excluding hydrogens is 723 g/mol.